The van der Waals surface area contributed by atoms with Crippen LogP contribution in [0.2, 0.25) is 0 Å². The zero-order valence-corrected chi connectivity index (χ0v) is 16.5. The summed E-state index contributed by atoms with van der Waals surface area (Å²) in [5, 5.41) is 1.12. The highest BCUT2D eigenvalue weighted by Gasteiger charge is 2.17. The predicted octanol–water partition coefficient (Wildman–Crippen LogP) is 5.45. The van der Waals surface area contributed by atoms with Crippen LogP contribution >= 0.6 is 15.9 Å². The van der Waals surface area contributed by atoms with Crippen LogP contribution in [0, 0.1) is 0 Å². The van der Waals surface area contributed by atoms with E-state index in [1.165, 1.54) is 0 Å². The van der Waals surface area contributed by atoms with E-state index >= 15 is 0 Å². The van der Waals surface area contributed by atoms with E-state index in [-0.39, 0.29) is 0 Å². The lowest BCUT2D eigenvalue weighted by Gasteiger charge is -2.03. The summed E-state index contributed by atoms with van der Waals surface area (Å²) in [6, 6.07) is 24.3. The summed E-state index contributed by atoms with van der Waals surface area (Å²) in [6.45, 7) is 0. The molecular formula is C23H15BBrN3. The van der Waals surface area contributed by atoms with E-state index in [0.717, 1.165) is 54.7 Å². The van der Waals surface area contributed by atoms with Gasteiger partial charge in [-0.1, -0.05) is 76.0 Å². The van der Waals surface area contributed by atoms with Gasteiger partial charge in [-0.3, -0.25) is 0 Å². The van der Waals surface area contributed by atoms with E-state index in [9.17, 15) is 0 Å². The Balaban J connectivity index is 1.73. The highest BCUT2D eigenvalue weighted by atomic mass is 79.9. The number of nitrogens with zero attached hydrogens (tertiary/aromatic N) is 1. The molecule has 2 radical (unpaired) electrons. The number of aromatic amines is 2. The molecule has 132 valence electrons. The Kier molecular flexibility index (Phi) is 4.17. The van der Waals surface area contributed by atoms with Crippen molar-refractivity contribution >= 4 is 40.1 Å². The first-order valence-corrected chi connectivity index (χ1v) is 9.77. The van der Waals surface area contributed by atoms with Gasteiger partial charge in [0.1, 0.15) is 13.7 Å². The second kappa shape index (κ2) is 6.84. The number of halogens is 1. The van der Waals surface area contributed by atoms with Crippen LogP contribution in [0.1, 0.15) is 0 Å². The van der Waals surface area contributed by atoms with Gasteiger partial charge in [-0.25, -0.2) is 4.98 Å². The maximum absolute atomic E-state index is 5.88. The van der Waals surface area contributed by atoms with Crippen molar-refractivity contribution in [3.63, 3.8) is 0 Å². The van der Waals surface area contributed by atoms with Gasteiger partial charge in [0.2, 0.25) is 0 Å². The highest BCUT2D eigenvalue weighted by Crippen LogP contribution is 2.35. The predicted molar refractivity (Wildman–Crippen MR) is 120 cm³/mol. The summed E-state index contributed by atoms with van der Waals surface area (Å²) in [4.78, 5) is 11.9. The quantitative estimate of drug-likeness (QED) is 0.372. The fourth-order valence-electron chi connectivity index (χ4n) is 3.45. The fraction of sp³-hybridized carbons (Fsp3) is 0. The average molecular weight is 424 g/mol. The second-order valence-corrected chi connectivity index (χ2v) is 7.60. The molecule has 5 heteroatoms. The standard InChI is InChI=1S/C23H15BBrN3/c24-16-8-6-15(7-9-16)22-21(14-4-2-1-3-5-14)27-23(28-22)19-13-26-20-11-10-17(25)12-18(19)20/h1-13,26H,(H,27,28). The van der Waals surface area contributed by atoms with Gasteiger partial charge < -0.3 is 9.97 Å². The highest BCUT2D eigenvalue weighted by molar-refractivity contribution is 9.10. The molecule has 0 amide bonds. The summed E-state index contributed by atoms with van der Waals surface area (Å²) < 4.78 is 1.04. The summed E-state index contributed by atoms with van der Waals surface area (Å²) in [5.41, 5.74) is 6.87. The Morgan fingerprint density at radius 3 is 2.43 bits per heavy atom. The number of benzene rings is 3. The van der Waals surface area contributed by atoms with Crippen molar-refractivity contribution in [1.82, 2.24) is 15.0 Å². The number of fused-ring (bicyclic) bond motifs is 1. The molecule has 5 aromatic rings. The summed E-state index contributed by atoms with van der Waals surface area (Å²) in [6.07, 6.45) is 2.00. The molecular weight excluding hydrogens is 409 g/mol. The molecule has 5 rings (SSSR count). The summed E-state index contributed by atoms with van der Waals surface area (Å²) in [5.74, 6) is 0.829. The maximum atomic E-state index is 5.88. The molecule has 0 aliphatic carbocycles. The minimum Gasteiger partial charge on any atom is -0.360 e. The molecule has 0 spiro atoms. The molecule has 3 aromatic carbocycles. The number of nitrogens with one attached hydrogen (secondary N) is 2. The number of aromatic nitrogens is 3. The molecule has 28 heavy (non-hydrogen) atoms. The lowest BCUT2D eigenvalue weighted by atomic mass is 9.94. The van der Waals surface area contributed by atoms with Crippen LogP contribution in [0.3, 0.4) is 0 Å². The number of rotatable bonds is 3. The first-order valence-electron chi connectivity index (χ1n) is 8.97. The van der Waals surface area contributed by atoms with Crippen LogP contribution < -0.4 is 5.46 Å². The van der Waals surface area contributed by atoms with Crippen LogP contribution in [0.25, 0.3) is 44.8 Å². The van der Waals surface area contributed by atoms with E-state index in [1.54, 1.807) is 0 Å². The molecule has 0 aliphatic heterocycles. The van der Waals surface area contributed by atoms with E-state index in [4.69, 9.17) is 12.8 Å². The Labute approximate surface area is 172 Å². The molecule has 0 saturated heterocycles. The van der Waals surface area contributed by atoms with Crippen LogP contribution in [-0.4, -0.2) is 22.8 Å². The average Bonchev–Trinajstić information content (AvgIpc) is 3.33. The summed E-state index contributed by atoms with van der Waals surface area (Å²) in [7, 11) is 5.88. The first kappa shape index (κ1) is 17.1. The third-order valence-corrected chi connectivity index (χ3v) is 5.34. The van der Waals surface area contributed by atoms with Crippen LogP contribution in [0.15, 0.2) is 83.5 Å². The third-order valence-electron chi connectivity index (χ3n) is 4.85. The zero-order valence-electron chi connectivity index (χ0n) is 14.9. The molecule has 0 atom stereocenters. The zero-order chi connectivity index (χ0) is 19.1. The minimum atomic E-state index is 0.742. The van der Waals surface area contributed by atoms with Crippen LogP contribution in [0.5, 0.6) is 0 Å². The van der Waals surface area contributed by atoms with Crippen molar-refractivity contribution in [2.45, 2.75) is 0 Å². The van der Waals surface area contributed by atoms with Crippen molar-refractivity contribution in [3.8, 4) is 33.9 Å². The third kappa shape index (κ3) is 2.98. The van der Waals surface area contributed by atoms with Crippen molar-refractivity contribution < 1.29 is 0 Å². The molecule has 2 heterocycles. The Morgan fingerprint density at radius 1 is 0.857 bits per heavy atom. The van der Waals surface area contributed by atoms with Gasteiger partial charge in [0, 0.05) is 38.3 Å². The molecule has 0 aliphatic rings. The SMILES string of the molecule is [B]c1ccc(-c2[nH]c(-c3c[nH]c4ccc(Br)cc34)nc2-c2ccccc2)cc1. The number of hydrogen-bond donors (Lipinski definition) is 2. The number of imidazole rings is 1. The van der Waals surface area contributed by atoms with Crippen molar-refractivity contribution in [2.24, 2.45) is 0 Å². The summed E-state index contributed by atoms with van der Waals surface area (Å²) >= 11 is 3.57. The van der Waals surface area contributed by atoms with Gasteiger partial charge in [-0.2, -0.15) is 0 Å². The molecule has 3 nitrogen and oxygen atoms in total. The van der Waals surface area contributed by atoms with Crippen molar-refractivity contribution in [2.75, 3.05) is 0 Å². The van der Waals surface area contributed by atoms with E-state index < -0.39 is 0 Å². The van der Waals surface area contributed by atoms with Gasteiger partial charge in [0.05, 0.1) is 11.4 Å². The molecule has 0 fully saturated rings. The van der Waals surface area contributed by atoms with Crippen LogP contribution in [-0.2, 0) is 0 Å². The maximum Gasteiger partial charge on any atom is 0.140 e. The molecule has 2 N–H and O–H groups in total. The first-order chi connectivity index (χ1) is 13.7. The van der Waals surface area contributed by atoms with Gasteiger partial charge in [-0.15, -0.1) is 0 Å². The number of hydrogen-bond acceptors (Lipinski definition) is 1. The van der Waals surface area contributed by atoms with Gasteiger partial charge in [-0.05, 0) is 18.2 Å². The lowest BCUT2D eigenvalue weighted by Crippen LogP contribution is -1.99. The normalized spacial score (nSPS) is 11.2. The molecule has 0 bridgehead atoms. The lowest BCUT2D eigenvalue weighted by molar-refractivity contribution is 1.31. The topological polar surface area (TPSA) is 44.5 Å². The number of H-pyrrole nitrogens is 2. The molecule has 2 aromatic heterocycles. The Bertz CT molecular complexity index is 1270. The van der Waals surface area contributed by atoms with Gasteiger partial charge >= 0.3 is 0 Å². The Hall–Kier alpha value is -3.05. The van der Waals surface area contributed by atoms with Gasteiger partial charge in [0.25, 0.3) is 0 Å². The van der Waals surface area contributed by atoms with E-state index in [0.29, 0.717) is 0 Å². The smallest absolute Gasteiger partial charge is 0.140 e. The van der Waals surface area contributed by atoms with Crippen LogP contribution in [0.4, 0.5) is 0 Å². The van der Waals surface area contributed by atoms with Crippen molar-refractivity contribution in [1.29, 1.82) is 0 Å². The largest absolute Gasteiger partial charge is 0.360 e. The monoisotopic (exact) mass is 423 g/mol. The second-order valence-electron chi connectivity index (χ2n) is 6.69. The minimum absolute atomic E-state index is 0.742. The van der Waals surface area contributed by atoms with Gasteiger partial charge in [0.15, 0.2) is 0 Å². The molecule has 0 unspecified atom stereocenters. The Morgan fingerprint density at radius 2 is 1.64 bits per heavy atom. The van der Waals surface area contributed by atoms with Crippen molar-refractivity contribution in [3.05, 3.63) is 83.5 Å². The van der Waals surface area contributed by atoms with E-state index in [1.807, 2.05) is 54.7 Å². The van der Waals surface area contributed by atoms with E-state index in [2.05, 4.69) is 50.2 Å². The molecule has 0 saturated carbocycles. The fourth-order valence-corrected chi connectivity index (χ4v) is 3.81.